The van der Waals surface area contributed by atoms with Gasteiger partial charge in [0.25, 0.3) is 5.91 Å². The van der Waals surface area contributed by atoms with Crippen molar-refractivity contribution < 1.29 is 19.1 Å². The average molecular weight is 525 g/mol. The van der Waals surface area contributed by atoms with Crippen LogP contribution in [0.2, 0.25) is 0 Å². The lowest BCUT2D eigenvalue weighted by Gasteiger charge is -2.31. The third kappa shape index (κ3) is 7.90. The second-order valence-electron chi connectivity index (χ2n) is 9.93. The maximum Gasteiger partial charge on any atom is 0.310 e. The molecule has 3 aromatic rings. The zero-order valence-electron chi connectivity index (χ0n) is 22.7. The Balaban J connectivity index is 1.47. The molecule has 1 heterocycles. The number of carbonyl (C=O) groups is 3. The van der Waals surface area contributed by atoms with Crippen molar-refractivity contribution in [2.24, 2.45) is 5.92 Å². The van der Waals surface area contributed by atoms with E-state index in [1.54, 1.807) is 22.8 Å². The van der Waals surface area contributed by atoms with Gasteiger partial charge in [0.2, 0.25) is 5.91 Å². The fraction of sp³-hybridized carbons (Fsp3) is 0.303. The Labute approximate surface area is 230 Å². The van der Waals surface area contributed by atoms with E-state index in [1.165, 1.54) is 0 Å². The van der Waals surface area contributed by atoms with E-state index in [4.69, 9.17) is 4.74 Å². The molecule has 0 bridgehead atoms. The minimum Gasteiger partial charge on any atom is -0.466 e. The number of hydrogen-bond acceptors (Lipinski definition) is 4. The van der Waals surface area contributed by atoms with Crippen molar-refractivity contribution in [2.45, 2.75) is 39.7 Å². The number of hydrogen-bond donors (Lipinski definition) is 0. The second kappa shape index (κ2) is 13.6. The Morgan fingerprint density at radius 3 is 2.46 bits per heavy atom. The van der Waals surface area contributed by atoms with Gasteiger partial charge in [0.05, 0.1) is 25.5 Å². The predicted octanol–water partition coefficient (Wildman–Crippen LogP) is 5.59. The number of aryl methyl sites for hydroxylation is 1. The van der Waals surface area contributed by atoms with Crippen LogP contribution in [0.5, 0.6) is 0 Å². The highest BCUT2D eigenvalue weighted by atomic mass is 16.5. The van der Waals surface area contributed by atoms with E-state index < -0.39 is 0 Å². The summed E-state index contributed by atoms with van der Waals surface area (Å²) in [6.07, 6.45) is 5.21. The van der Waals surface area contributed by atoms with Crippen molar-refractivity contribution >= 4 is 29.5 Å². The number of anilines is 1. The Kier molecular flexibility index (Phi) is 9.68. The molecule has 0 saturated carbocycles. The van der Waals surface area contributed by atoms with Crippen LogP contribution in [-0.2, 0) is 32.1 Å². The zero-order valence-corrected chi connectivity index (χ0v) is 22.7. The second-order valence-corrected chi connectivity index (χ2v) is 9.93. The van der Waals surface area contributed by atoms with Gasteiger partial charge in [-0.15, -0.1) is 0 Å². The molecule has 1 fully saturated rings. The number of nitrogens with zero attached hydrogens (tertiary/aromatic N) is 2. The first-order valence-electron chi connectivity index (χ1n) is 13.6. The summed E-state index contributed by atoms with van der Waals surface area (Å²) in [5.74, 6) is -0.605. The number of carbonyl (C=O) groups excluding carboxylic acids is 3. The minimum atomic E-state index is -0.254. The van der Waals surface area contributed by atoms with E-state index in [2.05, 4.69) is 6.07 Å². The number of piperidine rings is 1. The van der Waals surface area contributed by atoms with Crippen molar-refractivity contribution in [3.8, 4) is 0 Å². The van der Waals surface area contributed by atoms with Crippen LogP contribution in [0.1, 0.15) is 42.0 Å². The van der Waals surface area contributed by atoms with Gasteiger partial charge in [-0.05, 0) is 61.6 Å². The normalized spacial score (nSPS) is 15.2. The van der Waals surface area contributed by atoms with Gasteiger partial charge in [-0.3, -0.25) is 14.4 Å². The number of likely N-dealkylation sites (tertiary alicyclic amines) is 1. The van der Waals surface area contributed by atoms with E-state index in [-0.39, 0.29) is 30.1 Å². The summed E-state index contributed by atoms with van der Waals surface area (Å²) in [5.41, 5.74) is 4.76. The van der Waals surface area contributed by atoms with E-state index in [0.29, 0.717) is 26.2 Å². The standard InChI is InChI=1S/C33H36N2O4/c1-3-39-33(38)29-13-8-20-34(24-29)32(37)22-27-14-17-30(18-15-27)35(23-28-12-7-9-25(2)21-28)31(36)19-16-26-10-5-4-6-11-26/h4-7,9-12,14-19,21,29H,3,8,13,20,22-24H2,1-2H3/b19-16+. The van der Waals surface area contributed by atoms with Gasteiger partial charge in [-0.25, -0.2) is 0 Å². The van der Waals surface area contributed by atoms with Crippen LogP contribution < -0.4 is 4.90 Å². The lowest BCUT2D eigenvalue weighted by atomic mass is 9.97. The smallest absolute Gasteiger partial charge is 0.310 e. The number of benzene rings is 3. The highest BCUT2D eigenvalue weighted by molar-refractivity contribution is 6.03. The molecular formula is C33H36N2O4. The van der Waals surface area contributed by atoms with Gasteiger partial charge in [-0.1, -0.05) is 72.3 Å². The molecule has 1 aliphatic heterocycles. The quantitative estimate of drug-likeness (QED) is 0.271. The highest BCUT2D eigenvalue weighted by Gasteiger charge is 2.29. The molecule has 0 N–H and O–H groups in total. The van der Waals surface area contributed by atoms with Crippen LogP contribution in [0.25, 0.3) is 6.08 Å². The number of ether oxygens (including phenoxy) is 1. The first-order valence-corrected chi connectivity index (χ1v) is 13.6. The molecule has 0 aromatic heterocycles. The third-order valence-corrected chi connectivity index (χ3v) is 6.90. The number of esters is 1. The molecule has 4 rings (SSSR count). The molecule has 1 atom stereocenters. The minimum absolute atomic E-state index is 0.00441. The van der Waals surface area contributed by atoms with E-state index >= 15 is 0 Å². The summed E-state index contributed by atoms with van der Waals surface area (Å²) in [7, 11) is 0. The molecule has 6 nitrogen and oxygen atoms in total. The monoisotopic (exact) mass is 524 g/mol. The van der Waals surface area contributed by atoms with Crippen molar-refractivity contribution in [2.75, 3.05) is 24.6 Å². The van der Waals surface area contributed by atoms with Crippen molar-refractivity contribution in [3.05, 3.63) is 107 Å². The lowest BCUT2D eigenvalue weighted by molar-refractivity contribution is -0.151. The van der Waals surface area contributed by atoms with Gasteiger partial charge >= 0.3 is 5.97 Å². The molecule has 0 aliphatic carbocycles. The molecule has 3 aromatic carbocycles. The molecule has 202 valence electrons. The van der Waals surface area contributed by atoms with Crippen LogP contribution in [0.15, 0.2) is 84.9 Å². The molecule has 6 heteroatoms. The van der Waals surface area contributed by atoms with Crippen LogP contribution in [0, 0.1) is 12.8 Å². The maximum absolute atomic E-state index is 13.3. The van der Waals surface area contributed by atoms with Crippen LogP contribution in [0.3, 0.4) is 0 Å². The Morgan fingerprint density at radius 2 is 1.74 bits per heavy atom. The fourth-order valence-electron chi connectivity index (χ4n) is 4.85. The van der Waals surface area contributed by atoms with Gasteiger partial charge in [0, 0.05) is 24.9 Å². The Hall–Kier alpha value is -4.19. The summed E-state index contributed by atoms with van der Waals surface area (Å²) >= 11 is 0. The van der Waals surface area contributed by atoms with Crippen LogP contribution >= 0.6 is 0 Å². The first-order chi connectivity index (χ1) is 18.9. The van der Waals surface area contributed by atoms with E-state index in [1.807, 2.05) is 85.8 Å². The SMILES string of the molecule is CCOC(=O)C1CCCN(C(=O)Cc2ccc(N(Cc3cccc(C)c3)C(=O)/C=C/c3ccccc3)cc2)C1. The summed E-state index contributed by atoms with van der Waals surface area (Å²) in [6.45, 7) is 5.67. The van der Waals surface area contributed by atoms with Gasteiger partial charge in [-0.2, -0.15) is 0 Å². The molecule has 1 saturated heterocycles. The summed E-state index contributed by atoms with van der Waals surface area (Å²) in [5, 5.41) is 0. The van der Waals surface area contributed by atoms with Gasteiger partial charge in [0.1, 0.15) is 0 Å². The average Bonchev–Trinajstić information content (AvgIpc) is 2.96. The Bertz CT molecular complexity index is 1300. The molecule has 39 heavy (non-hydrogen) atoms. The van der Waals surface area contributed by atoms with Gasteiger partial charge < -0.3 is 14.5 Å². The summed E-state index contributed by atoms with van der Waals surface area (Å²) in [6, 6.07) is 25.5. The first kappa shape index (κ1) is 27.8. The zero-order chi connectivity index (χ0) is 27.6. The highest BCUT2D eigenvalue weighted by Crippen LogP contribution is 2.22. The molecule has 1 aliphatic rings. The van der Waals surface area contributed by atoms with Crippen LogP contribution in [-0.4, -0.2) is 42.4 Å². The third-order valence-electron chi connectivity index (χ3n) is 6.90. The molecule has 0 spiro atoms. The maximum atomic E-state index is 13.3. The van der Waals surface area contributed by atoms with Gasteiger partial charge in [0.15, 0.2) is 0 Å². The van der Waals surface area contributed by atoms with Crippen LogP contribution in [0.4, 0.5) is 5.69 Å². The molecule has 1 unspecified atom stereocenters. The molecule has 0 radical (unpaired) electrons. The Morgan fingerprint density at radius 1 is 0.974 bits per heavy atom. The largest absolute Gasteiger partial charge is 0.466 e. The van der Waals surface area contributed by atoms with E-state index in [0.717, 1.165) is 40.8 Å². The van der Waals surface area contributed by atoms with Crippen molar-refractivity contribution in [3.63, 3.8) is 0 Å². The van der Waals surface area contributed by atoms with Crippen molar-refractivity contribution in [1.29, 1.82) is 0 Å². The van der Waals surface area contributed by atoms with Crippen molar-refractivity contribution in [1.82, 2.24) is 4.90 Å². The molecule has 2 amide bonds. The lowest BCUT2D eigenvalue weighted by Crippen LogP contribution is -2.43. The number of amides is 2. The van der Waals surface area contributed by atoms with E-state index in [9.17, 15) is 14.4 Å². The molecular weight excluding hydrogens is 488 g/mol. The number of rotatable bonds is 9. The topological polar surface area (TPSA) is 66.9 Å². The predicted molar refractivity (Wildman–Crippen MR) is 154 cm³/mol. The summed E-state index contributed by atoms with van der Waals surface area (Å²) < 4.78 is 5.16. The fourth-order valence-corrected chi connectivity index (χ4v) is 4.85. The summed E-state index contributed by atoms with van der Waals surface area (Å²) in [4.78, 5) is 42.0.